The molecule has 5 nitrogen and oxygen atoms in total. The fourth-order valence-electron chi connectivity index (χ4n) is 1.19. The Morgan fingerprint density at radius 3 is 2.50 bits per heavy atom. The molecule has 0 saturated carbocycles. The average Bonchev–Trinajstić information content (AvgIpc) is 2.72. The number of para-hydroxylation sites is 1. The van der Waals surface area contributed by atoms with Crippen molar-refractivity contribution in [3.63, 3.8) is 0 Å². The first kappa shape index (κ1) is 12.8. The second kappa shape index (κ2) is 3.95. The van der Waals surface area contributed by atoms with Crippen LogP contribution in [0.4, 0.5) is 8.78 Å². The third kappa shape index (κ3) is 1.75. The van der Waals surface area contributed by atoms with E-state index in [1.54, 1.807) is 12.1 Å². The van der Waals surface area contributed by atoms with Gasteiger partial charge in [0.05, 0.1) is 10.2 Å². The Hall–Kier alpha value is -1.61. The minimum atomic E-state index is -5.33. The molecule has 2 rings (SSSR count). The number of carboxylic acids is 1. The number of benzene rings is 1. The number of alkyl halides is 2. The zero-order valence-electron chi connectivity index (χ0n) is 8.50. The number of halogens is 2. The summed E-state index contributed by atoms with van der Waals surface area (Å²) in [6.07, 6.45) is 0. The van der Waals surface area contributed by atoms with Gasteiger partial charge in [0, 0.05) is 0 Å². The van der Waals surface area contributed by atoms with Crippen LogP contribution in [0.15, 0.2) is 28.6 Å². The van der Waals surface area contributed by atoms with Crippen molar-refractivity contribution in [1.82, 2.24) is 4.98 Å². The lowest BCUT2D eigenvalue weighted by Gasteiger charge is -2.09. The number of hydrogen-bond donors (Lipinski definition) is 1. The number of nitrogens with zero attached hydrogens (tertiary/aromatic N) is 1. The molecule has 1 aromatic heterocycles. The van der Waals surface area contributed by atoms with E-state index >= 15 is 0 Å². The lowest BCUT2D eigenvalue weighted by molar-refractivity contribution is -0.153. The maximum Gasteiger partial charge on any atom is 0.446 e. The van der Waals surface area contributed by atoms with E-state index in [9.17, 15) is 22.0 Å². The molecular formula is C9H5F2NO4S2. The summed E-state index contributed by atoms with van der Waals surface area (Å²) in [5, 5.41) is 3.37. The van der Waals surface area contributed by atoms with E-state index in [1.807, 2.05) is 0 Å². The van der Waals surface area contributed by atoms with E-state index in [1.165, 1.54) is 12.1 Å². The minimum Gasteiger partial charge on any atom is -0.476 e. The number of aromatic nitrogens is 1. The predicted molar refractivity (Wildman–Crippen MR) is 59.4 cm³/mol. The molecule has 0 amide bonds. The van der Waals surface area contributed by atoms with Crippen LogP contribution in [0.5, 0.6) is 0 Å². The molecule has 1 N–H and O–H groups in total. The van der Waals surface area contributed by atoms with Crippen molar-refractivity contribution in [3.05, 3.63) is 24.3 Å². The molecule has 9 heteroatoms. The van der Waals surface area contributed by atoms with Gasteiger partial charge < -0.3 is 5.11 Å². The van der Waals surface area contributed by atoms with Crippen LogP contribution in [0, 0.1) is 0 Å². The SMILES string of the molecule is O=C(O)C(F)(F)S(=O)(=O)c1nc2ccccc2s1. The van der Waals surface area contributed by atoms with Crippen LogP contribution in [-0.4, -0.2) is 29.7 Å². The zero-order chi connectivity index (χ0) is 13.6. The highest BCUT2D eigenvalue weighted by Gasteiger charge is 2.55. The van der Waals surface area contributed by atoms with Crippen LogP contribution in [0.25, 0.3) is 10.2 Å². The van der Waals surface area contributed by atoms with E-state index in [0.29, 0.717) is 16.0 Å². The van der Waals surface area contributed by atoms with Gasteiger partial charge in [0.2, 0.25) is 4.34 Å². The smallest absolute Gasteiger partial charge is 0.446 e. The van der Waals surface area contributed by atoms with Crippen molar-refractivity contribution in [3.8, 4) is 0 Å². The number of carboxylic acid groups (broad SMARTS) is 1. The standard InChI is InChI=1S/C9H5F2NO4S2/c10-9(11,7(13)14)18(15,16)8-12-5-3-1-2-4-6(5)17-8/h1-4H,(H,13,14). The fraction of sp³-hybridized carbons (Fsp3) is 0.111. The molecular weight excluding hydrogens is 288 g/mol. The van der Waals surface area contributed by atoms with Gasteiger partial charge in [-0.15, -0.1) is 11.3 Å². The van der Waals surface area contributed by atoms with Crippen LogP contribution in [0.1, 0.15) is 0 Å². The largest absolute Gasteiger partial charge is 0.476 e. The first-order chi connectivity index (χ1) is 8.26. The molecule has 0 saturated heterocycles. The summed E-state index contributed by atoms with van der Waals surface area (Å²) in [5.41, 5.74) is 0.224. The molecule has 96 valence electrons. The molecule has 0 unspecified atom stereocenters. The van der Waals surface area contributed by atoms with Gasteiger partial charge in [-0.05, 0) is 12.1 Å². The van der Waals surface area contributed by atoms with Gasteiger partial charge in [0.15, 0.2) is 0 Å². The summed E-state index contributed by atoms with van der Waals surface area (Å²) >= 11 is 0.506. The molecule has 0 aliphatic carbocycles. The molecule has 0 aliphatic heterocycles. The van der Waals surface area contributed by atoms with Crippen molar-refractivity contribution in [2.75, 3.05) is 0 Å². The minimum absolute atomic E-state index is 0.224. The maximum atomic E-state index is 13.1. The van der Waals surface area contributed by atoms with Gasteiger partial charge in [-0.25, -0.2) is 18.2 Å². The highest BCUT2D eigenvalue weighted by atomic mass is 32.2. The molecule has 0 atom stereocenters. The van der Waals surface area contributed by atoms with E-state index in [-0.39, 0.29) is 5.52 Å². The number of fused-ring (bicyclic) bond motifs is 1. The lowest BCUT2D eigenvalue weighted by Crippen LogP contribution is -2.37. The molecule has 2 aromatic rings. The van der Waals surface area contributed by atoms with Crippen LogP contribution < -0.4 is 0 Å². The number of thiazole rings is 1. The lowest BCUT2D eigenvalue weighted by atomic mass is 10.3. The summed E-state index contributed by atoms with van der Waals surface area (Å²) in [5.74, 6) is -2.72. The molecule has 1 aromatic carbocycles. The fourth-order valence-corrected chi connectivity index (χ4v) is 3.58. The molecule has 0 fully saturated rings. The molecule has 1 heterocycles. The summed E-state index contributed by atoms with van der Waals surface area (Å²) in [6, 6.07) is 6.11. The summed E-state index contributed by atoms with van der Waals surface area (Å²) < 4.78 is 48.7. The molecule has 0 spiro atoms. The van der Waals surface area contributed by atoms with Gasteiger partial charge in [-0.1, -0.05) is 12.1 Å². The Bertz CT molecular complexity index is 690. The highest BCUT2D eigenvalue weighted by molar-refractivity contribution is 7.95. The topological polar surface area (TPSA) is 84.3 Å². The summed E-state index contributed by atoms with van der Waals surface area (Å²) in [6.45, 7) is 0. The molecule has 0 aliphatic rings. The van der Waals surface area contributed by atoms with E-state index in [2.05, 4.69) is 4.98 Å². The van der Waals surface area contributed by atoms with E-state index < -0.39 is 25.4 Å². The Morgan fingerprint density at radius 1 is 1.33 bits per heavy atom. The number of carbonyl (C=O) groups is 1. The number of hydrogen-bond acceptors (Lipinski definition) is 5. The van der Waals surface area contributed by atoms with E-state index in [4.69, 9.17) is 5.11 Å². The van der Waals surface area contributed by atoms with Gasteiger partial charge in [-0.2, -0.15) is 8.78 Å². The van der Waals surface area contributed by atoms with Crippen LogP contribution in [0.2, 0.25) is 0 Å². The monoisotopic (exact) mass is 293 g/mol. The Labute approximate surface area is 104 Å². The Kier molecular flexibility index (Phi) is 2.82. The Balaban J connectivity index is 2.64. The predicted octanol–water partition coefficient (Wildman–Crippen LogP) is 1.75. The Morgan fingerprint density at radius 2 is 1.94 bits per heavy atom. The van der Waals surface area contributed by atoms with Crippen molar-refractivity contribution in [2.24, 2.45) is 0 Å². The number of aliphatic carboxylic acids is 1. The van der Waals surface area contributed by atoms with Crippen molar-refractivity contribution < 1.29 is 27.1 Å². The molecule has 0 bridgehead atoms. The normalized spacial score (nSPS) is 12.8. The van der Waals surface area contributed by atoms with Crippen molar-refractivity contribution in [1.29, 1.82) is 0 Å². The first-order valence-electron chi connectivity index (χ1n) is 4.48. The van der Waals surface area contributed by atoms with Crippen LogP contribution in [-0.2, 0) is 14.6 Å². The first-order valence-corrected chi connectivity index (χ1v) is 6.78. The third-order valence-electron chi connectivity index (χ3n) is 2.09. The molecule has 0 radical (unpaired) electrons. The quantitative estimate of drug-likeness (QED) is 0.932. The van der Waals surface area contributed by atoms with E-state index in [0.717, 1.165) is 0 Å². The third-order valence-corrected chi connectivity index (χ3v) is 5.23. The number of sulfone groups is 1. The van der Waals surface area contributed by atoms with Crippen LogP contribution in [0.3, 0.4) is 0 Å². The summed E-state index contributed by atoms with van der Waals surface area (Å²) in [7, 11) is -5.33. The zero-order valence-corrected chi connectivity index (χ0v) is 10.1. The van der Waals surface area contributed by atoms with Gasteiger partial charge in [0.1, 0.15) is 0 Å². The van der Waals surface area contributed by atoms with Crippen molar-refractivity contribution >= 4 is 37.4 Å². The number of rotatable bonds is 3. The van der Waals surface area contributed by atoms with Crippen LogP contribution >= 0.6 is 11.3 Å². The maximum absolute atomic E-state index is 13.1. The average molecular weight is 293 g/mol. The molecule has 18 heavy (non-hydrogen) atoms. The second-order valence-electron chi connectivity index (χ2n) is 3.27. The van der Waals surface area contributed by atoms with Crippen molar-refractivity contribution in [2.45, 2.75) is 9.59 Å². The summed E-state index contributed by atoms with van der Waals surface area (Å²) in [4.78, 5) is 13.8. The van der Waals surface area contributed by atoms with Gasteiger partial charge in [0.25, 0.3) is 9.84 Å². The second-order valence-corrected chi connectivity index (χ2v) is 6.47. The van der Waals surface area contributed by atoms with Gasteiger partial charge >= 0.3 is 11.2 Å². The van der Waals surface area contributed by atoms with Gasteiger partial charge in [-0.3, -0.25) is 0 Å². The highest BCUT2D eigenvalue weighted by Crippen LogP contribution is 2.34.